The quantitative estimate of drug-likeness (QED) is 0.539. The van der Waals surface area contributed by atoms with Crippen molar-refractivity contribution in [3.63, 3.8) is 0 Å². The molecule has 1 amide bonds. The summed E-state index contributed by atoms with van der Waals surface area (Å²) in [4.78, 5) is 37.2. The van der Waals surface area contributed by atoms with Gasteiger partial charge in [-0.05, 0) is 38.1 Å². The average Bonchev–Trinajstić information content (AvgIpc) is 2.52. The molecule has 6 heteroatoms. The molecule has 0 aliphatic rings. The number of rotatable bonds is 8. The van der Waals surface area contributed by atoms with Crippen molar-refractivity contribution in [3.8, 4) is 0 Å². The molecule has 1 aromatic carbocycles. The average molecular weight is 340 g/mol. The van der Waals surface area contributed by atoms with Crippen molar-refractivity contribution in [2.45, 2.75) is 39.2 Å². The fraction of sp³-hybridized carbons (Fsp3) is 0.471. The van der Waals surface area contributed by atoms with E-state index >= 15 is 0 Å². The zero-order valence-electron chi connectivity index (χ0n) is 13.7. The van der Waals surface area contributed by atoms with Crippen LogP contribution in [0.4, 0.5) is 0 Å². The first-order valence-corrected chi connectivity index (χ1v) is 7.88. The van der Waals surface area contributed by atoms with Gasteiger partial charge in [0.2, 0.25) is 5.91 Å². The summed E-state index contributed by atoms with van der Waals surface area (Å²) in [6.07, 6.45) is 0.383. The van der Waals surface area contributed by atoms with Crippen LogP contribution in [0.5, 0.6) is 0 Å². The zero-order valence-corrected chi connectivity index (χ0v) is 14.4. The molecule has 1 rings (SSSR count). The Hall–Kier alpha value is -1.88. The fourth-order valence-electron chi connectivity index (χ4n) is 2.13. The number of ketones is 1. The van der Waals surface area contributed by atoms with Crippen molar-refractivity contribution < 1.29 is 19.1 Å². The van der Waals surface area contributed by atoms with Gasteiger partial charge < -0.3 is 9.64 Å². The lowest BCUT2D eigenvalue weighted by Gasteiger charge is -2.26. The first-order chi connectivity index (χ1) is 10.8. The van der Waals surface area contributed by atoms with Crippen molar-refractivity contribution in [2.24, 2.45) is 0 Å². The molecular weight excluding hydrogens is 318 g/mol. The van der Waals surface area contributed by atoms with Crippen LogP contribution in [0.2, 0.25) is 5.02 Å². The summed E-state index contributed by atoms with van der Waals surface area (Å²) < 4.78 is 4.58. The summed E-state index contributed by atoms with van der Waals surface area (Å²) in [6, 6.07) is 6.54. The molecule has 0 atom stereocenters. The van der Waals surface area contributed by atoms with E-state index in [-0.39, 0.29) is 49.5 Å². The largest absolute Gasteiger partial charge is 0.469 e. The van der Waals surface area contributed by atoms with Crippen molar-refractivity contribution in [2.75, 3.05) is 13.7 Å². The van der Waals surface area contributed by atoms with E-state index in [1.165, 1.54) is 7.11 Å². The molecule has 126 valence electrons. The number of Topliss-reactive ketones (excluding diaryl/α,β-unsaturated/α-hetero) is 1. The van der Waals surface area contributed by atoms with Gasteiger partial charge in [-0.15, -0.1) is 0 Å². The third-order valence-electron chi connectivity index (χ3n) is 3.46. The lowest BCUT2D eigenvalue weighted by atomic mass is 10.1. The molecule has 0 heterocycles. The first kappa shape index (κ1) is 19.2. The Morgan fingerprint density at radius 2 is 1.70 bits per heavy atom. The molecule has 0 saturated carbocycles. The molecule has 0 aromatic heterocycles. The highest BCUT2D eigenvalue weighted by atomic mass is 35.5. The van der Waals surface area contributed by atoms with Crippen molar-refractivity contribution in [1.82, 2.24) is 4.90 Å². The van der Waals surface area contributed by atoms with Gasteiger partial charge >= 0.3 is 5.97 Å². The second-order valence-electron chi connectivity index (χ2n) is 5.44. The molecule has 0 aliphatic carbocycles. The molecule has 0 aliphatic heterocycles. The van der Waals surface area contributed by atoms with Crippen LogP contribution < -0.4 is 0 Å². The lowest BCUT2D eigenvalue weighted by molar-refractivity contribution is -0.142. The van der Waals surface area contributed by atoms with Gasteiger partial charge in [0, 0.05) is 36.0 Å². The van der Waals surface area contributed by atoms with Gasteiger partial charge in [-0.3, -0.25) is 14.4 Å². The van der Waals surface area contributed by atoms with Crippen LogP contribution in [0, 0.1) is 0 Å². The van der Waals surface area contributed by atoms with Gasteiger partial charge in [0.25, 0.3) is 0 Å². The Labute approximate surface area is 141 Å². The minimum Gasteiger partial charge on any atom is -0.469 e. The number of hydrogen-bond donors (Lipinski definition) is 0. The number of amides is 1. The Balaban J connectivity index is 2.56. The number of benzene rings is 1. The predicted molar refractivity (Wildman–Crippen MR) is 88.5 cm³/mol. The summed E-state index contributed by atoms with van der Waals surface area (Å²) in [5.74, 6) is -0.612. The van der Waals surface area contributed by atoms with Crippen LogP contribution in [0.15, 0.2) is 24.3 Å². The van der Waals surface area contributed by atoms with E-state index in [2.05, 4.69) is 4.74 Å². The normalized spacial score (nSPS) is 10.5. The van der Waals surface area contributed by atoms with E-state index in [0.29, 0.717) is 10.6 Å². The fourth-order valence-corrected chi connectivity index (χ4v) is 2.25. The second kappa shape index (κ2) is 9.30. The van der Waals surface area contributed by atoms with Crippen LogP contribution >= 0.6 is 11.6 Å². The Kier molecular flexibility index (Phi) is 7.75. The van der Waals surface area contributed by atoms with Gasteiger partial charge in [0.05, 0.1) is 13.5 Å². The van der Waals surface area contributed by atoms with E-state index in [9.17, 15) is 14.4 Å². The maximum absolute atomic E-state index is 12.3. The van der Waals surface area contributed by atoms with Crippen LogP contribution in [0.25, 0.3) is 0 Å². The van der Waals surface area contributed by atoms with Crippen molar-refractivity contribution >= 4 is 29.3 Å². The molecule has 0 spiro atoms. The Bertz CT molecular complexity index is 554. The smallest absolute Gasteiger partial charge is 0.307 e. The van der Waals surface area contributed by atoms with E-state index in [1.54, 1.807) is 29.2 Å². The molecule has 0 radical (unpaired) electrons. The molecule has 0 saturated heterocycles. The van der Waals surface area contributed by atoms with Crippen LogP contribution in [0.1, 0.15) is 43.5 Å². The van der Waals surface area contributed by atoms with E-state index in [4.69, 9.17) is 11.6 Å². The number of carbonyl (C=O) groups excluding carboxylic acids is 3. The summed E-state index contributed by atoms with van der Waals surface area (Å²) in [5, 5.41) is 0.561. The maximum Gasteiger partial charge on any atom is 0.307 e. The molecule has 5 nitrogen and oxygen atoms in total. The first-order valence-electron chi connectivity index (χ1n) is 7.50. The summed E-state index contributed by atoms with van der Waals surface area (Å²) >= 11 is 5.78. The summed E-state index contributed by atoms with van der Waals surface area (Å²) in [7, 11) is 1.31. The third kappa shape index (κ3) is 6.40. The highest BCUT2D eigenvalue weighted by molar-refractivity contribution is 6.30. The summed E-state index contributed by atoms with van der Waals surface area (Å²) in [5.41, 5.74) is 0.535. The number of methoxy groups -OCH3 is 1. The van der Waals surface area contributed by atoms with Crippen molar-refractivity contribution in [1.29, 1.82) is 0 Å². The number of halogens is 1. The van der Waals surface area contributed by atoms with Gasteiger partial charge in [0.15, 0.2) is 5.78 Å². The van der Waals surface area contributed by atoms with Gasteiger partial charge in [-0.2, -0.15) is 0 Å². The number of carbonyl (C=O) groups is 3. The molecule has 0 fully saturated rings. The topological polar surface area (TPSA) is 63.7 Å². The van der Waals surface area contributed by atoms with Crippen LogP contribution in [-0.2, 0) is 14.3 Å². The van der Waals surface area contributed by atoms with Crippen molar-refractivity contribution in [3.05, 3.63) is 34.9 Å². The SMILES string of the molecule is COC(=O)CCN(C(=O)CCC(=O)c1ccc(Cl)cc1)C(C)C. The van der Waals surface area contributed by atoms with E-state index < -0.39 is 0 Å². The second-order valence-corrected chi connectivity index (χ2v) is 5.87. The Morgan fingerprint density at radius 3 is 2.22 bits per heavy atom. The molecule has 0 unspecified atom stereocenters. The maximum atomic E-state index is 12.3. The molecular formula is C17H22ClNO4. The molecule has 1 aromatic rings. The number of esters is 1. The summed E-state index contributed by atoms with van der Waals surface area (Å²) in [6.45, 7) is 4.03. The highest BCUT2D eigenvalue weighted by Crippen LogP contribution is 2.13. The van der Waals surface area contributed by atoms with Gasteiger partial charge in [0.1, 0.15) is 0 Å². The Morgan fingerprint density at radius 1 is 1.09 bits per heavy atom. The van der Waals surface area contributed by atoms with Gasteiger partial charge in [-0.25, -0.2) is 0 Å². The molecule has 0 N–H and O–H groups in total. The van der Waals surface area contributed by atoms with Gasteiger partial charge in [-0.1, -0.05) is 11.6 Å². The number of hydrogen-bond acceptors (Lipinski definition) is 4. The minimum atomic E-state index is -0.360. The highest BCUT2D eigenvalue weighted by Gasteiger charge is 2.19. The molecule has 23 heavy (non-hydrogen) atoms. The number of nitrogens with zero attached hydrogens (tertiary/aromatic N) is 1. The van der Waals surface area contributed by atoms with Crippen LogP contribution in [-0.4, -0.2) is 42.3 Å². The third-order valence-corrected chi connectivity index (χ3v) is 3.71. The standard InChI is InChI=1S/C17H22ClNO4/c1-12(2)19(11-10-17(22)23-3)16(21)9-8-15(20)13-4-6-14(18)7-5-13/h4-7,12H,8-11H2,1-3H3. The monoisotopic (exact) mass is 339 g/mol. The molecule has 0 bridgehead atoms. The predicted octanol–water partition coefficient (Wildman–Crippen LogP) is 3.10. The zero-order chi connectivity index (χ0) is 17.4. The number of ether oxygens (including phenoxy) is 1. The van der Waals surface area contributed by atoms with Crippen LogP contribution in [0.3, 0.4) is 0 Å². The lowest BCUT2D eigenvalue weighted by Crippen LogP contribution is -2.38. The van der Waals surface area contributed by atoms with E-state index in [1.807, 2.05) is 13.8 Å². The van der Waals surface area contributed by atoms with E-state index in [0.717, 1.165) is 0 Å². The minimum absolute atomic E-state index is 0.0437.